The van der Waals surface area contributed by atoms with Crippen molar-refractivity contribution in [2.24, 2.45) is 0 Å². The summed E-state index contributed by atoms with van der Waals surface area (Å²) < 4.78 is 5.31. The third kappa shape index (κ3) is 2.51. The van der Waals surface area contributed by atoms with E-state index in [1.54, 1.807) is 25.1 Å². The van der Waals surface area contributed by atoms with Crippen LogP contribution in [0.25, 0.3) is 0 Å². The molecule has 0 heterocycles. The Hall–Kier alpha value is -1.46. The fourth-order valence-corrected chi connectivity index (χ4v) is 1.09. The SMILES string of the molecule is C#CC(C)Oc1cc(Cl)ccc1C=O. The van der Waals surface area contributed by atoms with Gasteiger partial charge in [-0.05, 0) is 25.1 Å². The van der Waals surface area contributed by atoms with Gasteiger partial charge in [-0.3, -0.25) is 4.79 Å². The van der Waals surface area contributed by atoms with E-state index in [4.69, 9.17) is 22.8 Å². The van der Waals surface area contributed by atoms with Gasteiger partial charge in [0.25, 0.3) is 0 Å². The van der Waals surface area contributed by atoms with Crippen LogP contribution in [0.3, 0.4) is 0 Å². The minimum Gasteiger partial charge on any atom is -0.477 e. The van der Waals surface area contributed by atoms with Crippen LogP contribution in [0, 0.1) is 12.3 Å². The zero-order valence-corrected chi connectivity index (χ0v) is 8.41. The second kappa shape index (κ2) is 4.69. The Kier molecular flexibility index (Phi) is 3.55. The maximum atomic E-state index is 10.6. The minimum absolute atomic E-state index is 0.382. The number of halogens is 1. The number of benzene rings is 1. The van der Waals surface area contributed by atoms with Crippen molar-refractivity contribution in [1.29, 1.82) is 0 Å². The summed E-state index contributed by atoms with van der Waals surface area (Å²) in [5.41, 5.74) is 0.441. The first-order chi connectivity index (χ1) is 6.67. The number of hydrogen-bond donors (Lipinski definition) is 0. The fraction of sp³-hybridized carbons (Fsp3) is 0.182. The van der Waals surface area contributed by atoms with E-state index in [-0.39, 0.29) is 6.10 Å². The van der Waals surface area contributed by atoms with Crippen molar-refractivity contribution < 1.29 is 9.53 Å². The highest BCUT2D eigenvalue weighted by Gasteiger charge is 2.06. The fourth-order valence-electron chi connectivity index (χ4n) is 0.932. The summed E-state index contributed by atoms with van der Waals surface area (Å²) in [6, 6.07) is 4.78. The molecule has 1 aromatic carbocycles. The van der Waals surface area contributed by atoms with Gasteiger partial charge in [0.15, 0.2) is 12.4 Å². The molecule has 0 fully saturated rings. The molecular weight excluding hydrogens is 200 g/mol. The van der Waals surface area contributed by atoms with Gasteiger partial charge in [-0.15, -0.1) is 6.42 Å². The summed E-state index contributed by atoms with van der Waals surface area (Å²) in [5.74, 6) is 2.82. The summed E-state index contributed by atoms with van der Waals surface area (Å²) in [5, 5.41) is 0.509. The molecule has 0 radical (unpaired) electrons. The Labute approximate surface area is 87.8 Å². The van der Waals surface area contributed by atoms with Gasteiger partial charge in [-0.2, -0.15) is 0 Å². The van der Waals surface area contributed by atoms with E-state index in [0.717, 1.165) is 0 Å². The van der Waals surface area contributed by atoms with E-state index in [9.17, 15) is 4.79 Å². The zero-order chi connectivity index (χ0) is 10.6. The highest BCUT2D eigenvalue weighted by molar-refractivity contribution is 6.30. The minimum atomic E-state index is -0.382. The zero-order valence-electron chi connectivity index (χ0n) is 7.66. The quantitative estimate of drug-likeness (QED) is 0.564. The normalized spacial score (nSPS) is 11.5. The van der Waals surface area contributed by atoms with Crippen LogP contribution < -0.4 is 4.74 Å². The molecule has 14 heavy (non-hydrogen) atoms. The third-order valence-electron chi connectivity index (χ3n) is 1.64. The van der Waals surface area contributed by atoms with Crippen LogP contribution in [-0.2, 0) is 0 Å². The van der Waals surface area contributed by atoms with Gasteiger partial charge in [0, 0.05) is 5.02 Å². The number of ether oxygens (including phenoxy) is 1. The average Bonchev–Trinajstić information content (AvgIpc) is 2.18. The molecular formula is C11H9ClO2. The van der Waals surface area contributed by atoms with Gasteiger partial charge in [-0.25, -0.2) is 0 Å². The van der Waals surface area contributed by atoms with Crippen molar-refractivity contribution in [2.75, 3.05) is 0 Å². The highest BCUT2D eigenvalue weighted by atomic mass is 35.5. The first kappa shape index (κ1) is 10.6. The van der Waals surface area contributed by atoms with E-state index in [1.165, 1.54) is 0 Å². The largest absolute Gasteiger partial charge is 0.477 e. The molecule has 1 unspecified atom stereocenters. The summed E-state index contributed by atoms with van der Waals surface area (Å²) in [6.45, 7) is 1.72. The Morgan fingerprint density at radius 2 is 2.36 bits per heavy atom. The number of hydrogen-bond acceptors (Lipinski definition) is 2. The second-order valence-corrected chi connectivity index (χ2v) is 3.16. The van der Waals surface area contributed by atoms with Crippen molar-refractivity contribution in [3.05, 3.63) is 28.8 Å². The molecule has 3 heteroatoms. The Morgan fingerprint density at radius 1 is 1.64 bits per heavy atom. The molecule has 72 valence electrons. The number of terminal acetylenes is 1. The van der Waals surface area contributed by atoms with E-state index < -0.39 is 0 Å². The number of carbonyl (C=O) groups excluding carboxylic acids is 1. The molecule has 0 N–H and O–H groups in total. The first-order valence-electron chi connectivity index (χ1n) is 4.05. The molecule has 1 aromatic rings. The second-order valence-electron chi connectivity index (χ2n) is 2.73. The first-order valence-corrected chi connectivity index (χ1v) is 4.42. The van der Waals surface area contributed by atoms with Gasteiger partial charge >= 0.3 is 0 Å². The van der Waals surface area contributed by atoms with Crippen LogP contribution in [0.5, 0.6) is 5.75 Å². The molecule has 0 aliphatic heterocycles. The number of rotatable bonds is 3. The monoisotopic (exact) mass is 208 g/mol. The van der Waals surface area contributed by atoms with Crippen LogP contribution in [0.2, 0.25) is 5.02 Å². The topological polar surface area (TPSA) is 26.3 Å². The molecule has 0 amide bonds. The molecule has 0 bridgehead atoms. The van der Waals surface area contributed by atoms with E-state index in [0.29, 0.717) is 22.6 Å². The molecule has 1 atom stereocenters. The summed E-state index contributed by atoms with van der Waals surface area (Å²) >= 11 is 5.75. The van der Waals surface area contributed by atoms with Crippen LogP contribution in [0.4, 0.5) is 0 Å². The van der Waals surface area contributed by atoms with Crippen LogP contribution in [-0.4, -0.2) is 12.4 Å². The maximum absolute atomic E-state index is 10.6. The lowest BCUT2D eigenvalue weighted by Crippen LogP contribution is -2.09. The lowest BCUT2D eigenvalue weighted by Gasteiger charge is -2.10. The van der Waals surface area contributed by atoms with Gasteiger partial charge in [-0.1, -0.05) is 17.5 Å². The van der Waals surface area contributed by atoms with Gasteiger partial charge in [0.05, 0.1) is 5.56 Å². The highest BCUT2D eigenvalue weighted by Crippen LogP contribution is 2.22. The summed E-state index contributed by atoms with van der Waals surface area (Å²) in [6.07, 6.45) is 5.47. The van der Waals surface area contributed by atoms with Gasteiger partial charge in [0.2, 0.25) is 0 Å². The lowest BCUT2D eigenvalue weighted by molar-refractivity contribution is 0.111. The molecule has 0 saturated heterocycles. The summed E-state index contributed by atoms with van der Waals surface area (Å²) in [7, 11) is 0. The van der Waals surface area contributed by atoms with Crippen molar-refractivity contribution >= 4 is 17.9 Å². The van der Waals surface area contributed by atoms with Crippen molar-refractivity contribution in [1.82, 2.24) is 0 Å². The standard InChI is InChI=1S/C11H9ClO2/c1-3-8(2)14-11-6-10(12)5-4-9(11)7-13/h1,4-8H,2H3. The van der Waals surface area contributed by atoms with Crippen LogP contribution >= 0.6 is 11.6 Å². The Morgan fingerprint density at radius 3 is 2.93 bits per heavy atom. The van der Waals surface area contributed by atoms with Gasteiger partial charge < -0.3 is 4.74 Å². The Balaban J connectivity index is 3.00. The van der Waals surface area contributed by atoms with E-state index >= 15 is 0 Å². The molecule has 0 aliphatic rings. The molecule has 0 saturated carbocycles. The van der Waals surface area contributed by atoms with Crippen molar-refractivity contribution in [3.8, 4) is 18.1 Å². The number of aldehydes is 1. The molecule has 1 rings (SSSR count). The predicted molar refractivity (Wildman–Crippen MR) is 55.8 cm³/mol. The van der Waals surface area contributed by atoms with E-state index in [1.807, 2.05) is 0 Å². The Bertz CT molecular complexity index is 379. The van der Waals surface area contributed by atoms with Crippen molar-refractivity contribution in [2.45, 2.75) is 13.0 Å². The summed E-state index contributed by atoms with van der Waals surface area (Å²) in [4.78, 5) is 10.6. The molecule has 0 spiro atoms. The molecule has 2 nitrogen and oxygen atoms in total. The van der Waals surface area contributed by atoms with Crippen LogP contribution in [0.15, 0.2) is 18.2 Å². The van der Waals surface area contributed by atoms with Crippen molar-refractivity contribution in [3.63, 3.8) is 0 Å². The molecule has 0 aromatic heterocycles. The van der Waals surface area contributed by atoms with Crippen LogP contribution in [0.1, 0.15) is 17.3 Å². The van der Waals surface area contributed by atoms with E-state index in [2.05, 4.69) is 5.92 Å². The smallest absolute Gasteiger partial charge is 0.156 e. The average molecular weight is 209 g/mol. The molecule has 0 aliphatic carbocycles. The lowest BCUT2D eigenvalue weighted by atomic mass is 10.2. The maximum Gasteiger partial charge on any atom is 0.156 e. The third-order valence-corrected chi connectivity index (χ3v) is 1.88. The predicted octanol–water partition coefficient (Wildman–Crippen LogP) is 2.55. The van der Waals surface area contributed by atoms with Gasteiger partial charge in [0.1, 0.15) is 5.75 Å². The number of carbonyl (C=O) groups is 1.